The summed E-state index contributed by atoms with van der Waals surface area (Å²) in [5.74, 6) is 0. The standard InChI is InChI=1S/C19H18Cl2N4O3/c1-19(2)9-24(18(26)27)14(8-28-19)11-3-5-12(6-4-11)25-15(20)7-13-16(21)22-10-23-17(13)25/h3-7,10,14H,8-9H2,1-2H3,(H,26,27)/t14-/m0/s1. The predicted octanol–water partition coefficient (Wildman–Crippen LogP) is 4.56. The number of aromatic nitrogens is 3. The fourth-order valence-corrected chi connectivity index (χ4v) is 3.95. The average Bonchev–Trinajstić information content (AvgIpc) is 2.99. The van der Waals surface area contributed by atoms with Gasteiger partial charge in [0.2, 0.25) is 0 Å². The van der Waals surface area contributed by atoms with Crippen molar-refractivity contribution < 1.29 is 14.6 Å². The van der Waals surface area contributed by atoms with Crippen LogP contribution in [0.3, 0.4) is 0 Å². The minimum Gasteiger partial charge on any atom is -0.465 e. The van der Waals surface area contributed by atoms with Gasteiger partial charge in [0, 0.05) is 5.69 Å². The van der Waals surface area contributed by atoms with Crippen LogP contribution in [0.15, 0.2) is 36.7 Å². The van der Waals surface area contributed by atoms with E-state index >= 15 is 0 Å². The van der Waals surface area contributed by atoms with Crippen LogP contribution >= 0.6 is 23.2 Å². The summed E-state index contributed by atoms with van der Waals surface area (Å²) in [6.07, 6.45) is 0.425. The molecule has 0 unspecified atom stereocenters. The normalized spacial score (nSPS) is 19.1. The second kappa shape index (κ2) is 6.92. The van der Waals surface area contributed by atoms with Gasteiger partial charge < -0.3 is 9.84 Å². The molecule has 28 heavy (non-hydrogen) atoms. The molecular formula is C19H18Cl2N4O3. The number of hydrogen-bond acceptors (Lipinski definition) is 4. The number of hydrogen-bond donors (Lipinski definition) is 1. The molecule has 1 aliphatic rings. The summed E-state index contributed by atoms with van der Waals surface area (Å²) < 4.78 is 7.61. The highest BCUT2D eigenvalue weighted by molar-refractivity contribution is 6.36. The van der Waals surface area contributed by atoms with E-state index in [1.807, 2.05) is 38.1 Å². The quantitative estimate of drug-likeness (QED) is 0.614. The minimum atomic E-state index is -0.962. The van der Waals surface area contributed by atoms with Crippen LogP contribution in [-0.2, 0) is 4.74 Å². The molecule has 146 valence electrons. The molecule has 3 heterocycles. The lowest BCUT2D eigenvalue weighted by Gasteiger charge is -2.42. The number of carboxylic acid groups (broad SMARTS) is 1. The van der Waals surface area contributed by atoms with Crippen molar-refractivity contribution in [2.24, 2.45) is 0 Å². The largest absolute Gasteiger partial charge is 0.465 e. The molecule has 1 atom stereocenters. The lowest BCUT2D eigenvalue weighted by molar-refractivity contribution is -0.106. The molecule has 0 bridgehead atoms. The summed E-state index contributed by atoms with van der Waals surface area (Å²) in [5.41, 5.74) is 1.73. The first-order valence-electron chi connectivity index (χ1n) is 8.68. The van der Waals surface area contributed by atoms with Crippen LogP contribution in [0.4, 0.5) is 4.79 Å². The minimum absolute atomic E-state index is 0.300. The SMILES string of the molecule is CC1(C)CN(C(=O)O)[C@H](c2ccc(-n3c(Cl)cc4c(Cl)ncnc43)cc2)CO1. The van der Waals surface area contributed by atoms with Crippen LogP contribution in [0.25, 0.3) is 16.7 Å². The zero-order valence-electron chi connectivity index (χ0n) is 15.3. The summed E-state index contributed by atoms with van der Waals surface area (Å²) in [6.45, 7) is 4.37. The van der Waals surface area contributed by atoms with Crippen molar-refractivity contribution in [3.63, 3.8) is 0 Å². The molecule has 0 saturated carbocycles. The van der Waals surface area contributed by atoms with Gasteiger partial charge in [-0.3, -0.25) is 9.47 Å². The van der Waals surface area contributed by atoms with Gasteiger partial charge in [0.05, 0.1) is 30.2 Å². The summed E-state index contributed by atoms with van der Waals surface area (Å²) >= 11 is 12.5. The van der Waals surface area contributed by atoms with E-state index in [4.69, 9.17) is 27.9 Å². The van der Waals surface area contributed by atoms with E-state index in [0.717, 1.165) is 11.3 Å². The van der Waals surface area contributed by atoms with Gasteiger partial charge in [-0.1, -0.05) is 35.3 Å². The summed E-state index contributed by atoms with van der Waals surface area (Å²) in [6, 6.07) is 8.85. The Kier molecular flexibility index (Phi) is 4.69. The second-order valence-corrected chi connectivity index (χ2v) is 8.04. The Bertz CT molecular complexity index is 1050. The smallest absolute Gasteiger partial charge is 0.407 e. The van der Waals surface area contributed by atoms with Crippen LogP contribution in [-0.4, -0.2) is 49.4 Å². The molecule has 0 spiro atoms. The molecular weight excluding hydrogens is 403 g/mol. The maximum Gasteiger partial charge on any atom is 0.407 e. The Morgan fingerprint density at radius 3 is 2.64 bits per heavy atom. The van der Waals surface area contributed by atoms with E-state index in [1.54, 1.807) is 10.6 Å². The van der Waals surface area contributed by atoms with Gasteiger partial charge in [-0.15, -0.1) is 0 Å². The number of benzene rings is 1. The third-order valence-corrected chi connectivity index (χ3v) is 5.42. The topological polar surface area (TPSA) is 80.5 Å². The molecule has 2 aromatic heterocycles. The van der Waals surface area contributed by atoms with Crippen molar-refractivity contribution in [1.82, 2.24) is 19.4 Å². The molecule has 1 aromatic carbocycles. The zero-order chi connectivity index (χ0) is 20.1. The van der Waals surface area contributed by atoms with Gasteiger partial charge in [0.25, 0.3) is 0 Å². The van der Waals surface area contributed by atoms with E-state index in [9.17, 15) is 9.90 Å². The molecule has 7 nitrogen and oxygen atoms in total. The number of amides is 1. The molecule has 1 fully saturated rings. The average molecular weight is 421 g/mol. The van der Waals surface area contributed by atoms with E-state index in [2.05, 4.69) is 9.97 Å². The van der Waals surface area contributed by atoms with Crippen molar-refractivity contribution in [1.29, 1.82) is 0 Å². The highest BCUT2D eigenvalue weighted by Crippen LogP contribution is 2.33. The number of rotatable bonds is 2. The van der Waals surface area contributed by atoms with E-state index in [1.165, 1.54) is 11.2 Å². The molecule has 4 rings (SSSR count). The molecule has 0 radical (unpaired) electrons. The Hall–Kier alpha value is -2.35. The monoisotopic (exact) mass is 420 g/mol. The fraction of sp³-hybridized carbons (Fsp3) is 0.316. The Morgan fingerprint density at radius 2 is 1.96 bits per heavy atom. The molecule has 1 N–H and O–H groups in total. The first kappa shape index (κ1) is 19.0. The number of morpholine rings is 1. The van der Waals surface area contributed by atoms with Gasteiger partial charge >= 0.3 is 6.09 Å². The van der Waals surface area contributed by atoms with Crippen LogP contribution in [0, 0.1) is 0 Å². The number of halogens is 2. The highest BCUT2D eigenvalue weighted by atomic mass is 35.5. The first-order valence-corrected chi connectivity index (χ1v) is 9.44. The van der Waals surface area contributed by atoms with Crippen molar-refractivity contribution in [2.45, 2.75) is 25.5 Å². The third-order valence-electron chi connectivity index (χ3n) is 4.84. The molecule has 1 aliphatic heterocycles. The van der Waals surface area contributed by atoms with Crippen LogP contribution in [0.5, 0.6) is 0 Å². The molecule has 0 aliphatic carbocycles. The van der Waals surface area contributed by atoms with Crippen LogP contribution < -0.4 is 0 Å². The number of fused-ring (bicyclic) bond motifs is 1. The Balaban J connectivity index is 1.69. The van der Waals surface area contributed by atoms with E-state index in [0.29, 0.717) is 34.5 Å². The zero-order valence-corrected chi connectivity index (χ0v) is 16.8. The molecule has 3 aromatic rings. The molecule has 1 amide bonds. The van der Waals surface area contributed by atoms with Crippen molar-refractivity contribution in [2.75, 3.05) is 13.2 Å². The Labute approximate surface area is 171 Å². The first-order chi connectivity index (χ1) is 13.3. The van der Waals surface area contributed by atoms with E-state index < -0.39 is 11.7 Å². The lowest BCUT2D eigenvalue weighted by Crippen LogP contribution is -2.51. The summed E-state index contributed by atoms with van der Waals surface area (Å²) in [5, 5.41) is 11.1. The lowest BCUT2D eigenvalue weighted by atomic mass is 9.99. The van der Waals surface area contributed by atoms with Crippen molar-refractivity contribution >= 4 is 40.3 Å². The molecule has 9 heteroatoms. The van der Waals surface area contributed by atoms with Gasteiger partial charge in [-0.05, 0) is 37.6 Å². The molecule has 1 saturated heterocycles. The van der Waals surface area contributed by atoms with Crippen LogP contribution in [0.2, 0.25) is 10.3 Å². The van der Waals surface area contributed by atoms with E-state index in [-0.39, 0.29) is 6.04 Å². The number of ether oxygens (including phenoxy) is 1. The Morgan fingerprint density at radius 1 is 1.25 bits per heavy atom. The van der Waals surface area contributed by atoms with Crippen molar-refractivity contribution in [3.8, 4) is 5.69 Å². The van der Waals surface area contributed by atoms with Gasteiger partial charge in [0.15, 0.2) is 5.65 Å². The predicted molar refractivity (Wildman–Crippen MR) is 106 cm³/mol. The maximum absolute atomic E-state index is 11.7. The summed E-state index contributed by atoms with van der Waals surface area (Å²) in [4.78, 5) is 21.4. The van der Waals surface area contributed by atoms with Crippen LogP contribution in [0.1, 0.15) is 25.5 Å². The highest BCUT2D eigenvalue weighted by Gasteiger charge is 2.37. The second-order valence-electron chi connectivity index (χ2n) is 7.29. The van der Waals surface area contributed by atoms with Crippen molar-refractivity contribution in [3.05, 3.63) is 52.5 Å². The number of carbonyl (C=O) groups is 1. The van der Waals surface area contributed by atoms with Gasteiger partial charge in [-0.25, -0.2) is 14.8 Å². The maximum atomic E-state index is 11.7. The fourth-order valence-electron chi connectivity index (χ4n) is 3.48. The number of nitrogens with zero attached hydrogens (tertiary/aromatic N) is 4. The third kappa shape index (κ3) is 3.30. The summed E-state index contributed by atoms with van der Waals surface area (Å²) in [7, 11) is 0. The van der Waals surface area contributed by atoms with Gasteiger partial charge in [-0.2, -0.15) is 0 Å². The van der Waals surface area contributed by atoms with Gasteiger partial charge in [0.1, 0.15) is 16.6 Å².